The van der Waals surface area contributed by atoms with E-state index in [0.29, 0.717) is 22.2 Å². The summed E-state index contributed by atoms with van der Waals surface area (Å²) in [5, 5.41) is 25.4. The first-order valence-corrected chi connectivity index (χ1v) is 10.7. The van der Waals surface area contributed by atoms with Gasteiger partial charge in [-0.25, -0.2) is 9.67 Å². The molecule has 0 unspecified atom stereocenters. The third kappa shape index (κ3) is 3.96. The Bertz CT molecular complexity index is 1500. The number of thiazole rings is 1. The van der Waals surface area contributed by atoms with E-state index >= 15 is 0 Å². The van der Waals surface area contributed by atoms with E-state index in [4.69, 9.17) is 4.42 Å². The summed E-state index contributed by atoms with van der Waals surface area (Å²) >= 11 is 1.49. The lowest BCUT2D eigenvalue weighted by molar-refractivity contribution is -0.384. The zero-order valence-electron chi connectivity index (χ0n) is 17.6. The van der Waals surface area contributed by atoms with Crippen LogP contribution in [0.15, 0.2) is 70.5 Å². The number of nitrogens with zero attached hydrogens (tertiary/aromatic N) is 6. The normalized spacial score (nSPS) is 11.8. The Balaban J connectivity index is 1.33. The minimum Gasteiger partial charge on any atom is -0.464 e. The van der Waals surface area contributed by atoms with Crippen molar-refractivity contribution < 1.29 is 9.34 Å². The molecule has 0 amide bonds. The predicted octanol–water partition coefficient (Wildman–Crippen LogP) is 5.19. The van der Waals surface area contributed by atoms with Gasteiger partial charge in [-0.15, -0.1) is 5.10 Å². The fraction of sp³-hybridized carbons (Fsp3) is 0.0909. The van der Waals surface area contributed by atoms with Crippen LogP contribution in [-0.2, 0) is 0 Å². The van der Waals surface area contributed by atoms with Gasteiger partial charge in [0.2, 0.25) is 5.13 Å². The summed E-state index contributed by atoms with van der Waals surface area (Å²) < 4.78 is 7.01. The number of hydrazone groups is 1. The zero-order valence-corrected chi connectivity index (χ0v) is 18.4. The standard InChI is InChI=1S/C22H17N7O3S/c1-13(21-14(2)28(27-25-21)17-4-6-18(7-5-17)29(30)31)24-26-22-23-12-20(33-22)16-3-8-19-15(11-16)9-10-32-19/h3-12H,1-2H3,(H,23,26)/b24-13+. The van der Waals surface area contributed by atoms with Crippen LogP contribution in [-0.4, -0.2) is 30.6 Å². The molecular formula is C22H17N7O3S. The van der Waals surface area contributed by atoms with Crippen LogP contribution in [0.4, 0.5) is 10.8 Å². The second-order valence-electron chi connectivity index (χ2n) is 7.22. The summed E-state index contributed by atoms with van der Waals surface area (Å²) in [5.74, 6) is 0. The van der Waals surface area contributed by atoms with E-state index in [2.05, 4.69) is 31.9 Å². The zero-order chi connectivity index (χ0) is 22.9. The third-order valence-corrected chi connectivity index (χ3v) is 6.06. The first kappa shape index (κ1) is 20.5. The number of nitro groups is 1. The van der Waals surface area contributed by atoms with Gasteiger partial charge in [0, 0.05) is 23.7 Å². The molecule has 2 aromatic carbocycles. The molecule has 5 rings (SSSR count). The highest BCUT2D eigenvalue weighted by Gasteiger charge is 2.14. The van der Waals surface area contributed by atoms with Gasteiger partial charge in [0.25, 0.3) is 5.69 Å². The molecule has 11 heteroatoms. The van der Waals surface area contributed by atoms with Gasteiger partial charge in [-0.2, -0.15) is 5.10 Å². The summed E-state index contributed by atoms with van der Waals surface area (Å²) in [7, 11) is 0. The van der Waals surface area contributed by atoms with Crippen LogP contribution >= 0.6 is 11.3 Å². The van der Waals surface area contributed by atoms with Crippen molar-refractivity contribution in [2.24, 2.45) is 5.10 Å². The van der Waals surface area contributed by atoms with Crippen LogP contribution in [0.1, 0.15) is 18.3 Å². The van der Waals surface area contributed by atoms with Gasteiger partial charge < -0.3 is 4.42 Å². The van der Waals surface area contributed by atoms with Gasteiger partial charge in [-0.05, 0) is 55.8 Å². The molecule has 164 valence electrons. The van der Waals surface area contributed by atoms with Crippen LogP contribution in [0.5, 0.6) is 0 Å². The van der Waals surface area contributed by atoms with Crippen molar-refractivity contribution >= 4 is 38.8 Å². The molecule has 0 saturated carbocycles. The smallest absolute Gasteiger partial charge is 0.269 e. The van der Waals surface area contributed by atoms with E-state index in [-0.39, 0.29) is 5.69 Å². The number of hydrogen-bond acceptors (Lipinski definition) is 9. The number of fused-ring (bicyclic) bond motifs is 1. The van der Waals surface area contributed by atoms with Crippen molar-refractivity contribution in [3.05, 3.63) is 82.5 Å². The Morgan fingerprint density at radius 2 is 2.03 bits per heavy atom. The fourth-order valence-corrected chi connectivity index (χ4v) is 4.14. The largest absolute Gasteiger partial charge is 0.464 e. The van der Waals surface area contributed by atoms with E-state index in [1.165, 1.54) is 23.5 Å². The number of furan rings is 1. The highest BCUT2D eigenvalue weighted by molar-refractivity contribution is 7.18. The second kappa shape index (κ2) is 8.28. The summed E-state index contributed by atoms with van der Waals surface area (Å²) in [6, 6.07) is 14.1. The van der Waals surface area contributed by atoms with Crippen molar-refractivity contribution in [2.45, 2.75) is 13.8 Å². The molecule has 0 aliphatic rings. The Hall–Kier alpha value is -4.38. The number of nitro benzene ring substituents is 1. The topological polar surface area (TPSA) is 124 Å². The number of benzene rings is 2. The summed E-state index contributed by atoms with van der Waals surface area (Å²) in [6.07, 6.45) is 3.47. The van der Waals surface area contributed by atoms with Crippen LogP contribution in [0.25, 0.3) is 27.1 Å². The second-order valence-corrected chi connectivity index (χ2v) is 8.25. The number of non-ortho nitro benzene ring substituents is 1. The molecule has 3 heterocycles. The monoisotopic (exact) mass is 459 g/mol. The number of aromatic nitrogens is 4. The molecule has 0 aliphatic carbocycles. The van der Waals surface area contributed by atoms with Crippen molar-refractivity contribution in [2.75, 3.05) is 5.43 Å². The Kier molecular flexibility index (Phi) is 5.15. The minimum absolute atomic E-state index is 0.0196. The lowest BCUT2D eigenvalue weighted by Gasteiger charge is -2.03. The highest BCUT2D eigenvalue weighted by Crippen LogP contribution is 2.31. The van der Waals surface area contributed by atoms with Crippen molar-refractivity contribution in [1.29, 1.82) is 0 Å². The highest BCUT2D eigenvalue weighted by atomic mass is 32.1. The average molecular weight is 459 g/mol. The molecule has 0 spiro atoms. The minimum atomic E-state index is -0.439. The van der Waals surface area contributed by atoms with Gasteiger partial charge >= 0.3 is 0 Å². The van der Waals surface area contributed by atoms with Crippen LogP contribution in [0, 0.1) is 17.0 Å². The number of rotatable bonds is 6. The molecule has 0 fully saturated rings. The van der Waals surface area contributed by atoms with Crippen molar-refractivity contribution in [3.8, 4) is 16.1 Å². The molecule has 1 N–H and O–H groups in total. The molecule has 33 heavy (non-hydrogen) atoms. The summed E-state index contributed by atoms with van der Waals surface area (Å²) in [6.45, 7) is 3.69. The number of anilines is 1. The molecule has 0 aliphatic heterocycles. The van der Waals surface area contributed by atoms with E-state index < -0.39 is 4.92 Å². The molecule has 10 nitrogen and oxygen atoms in total. The van der Waals surface area contributed by atoms with Gasteiger partial charge in [-0.3, -0.25) is 15.5 Å². The number of hydrogen-bond donors (Lipinski definition) is 1. The molecule has 0 bridgehead atoms. The van der Waals surface area contributed by atoms with Gasteiger partial charge in [0.05, 0.1) is 33.2 Å². The fourth-order valence-electron chi connectivity index (χ4n) is 3.39. The first-order chi connectivity index (χ1) is 16.0. The Morgan fingerprint density at radius 3 is 2.82 bits per heavy atom. The van der Waals surface area contributed by atoms with Gasteiger partial charge in [0.15, 0.2) is 0 Å². The van der Waals surface area contributed by atoms with E-state index in [1.54, 1.807) is 29.3 Å². The van der Waals surface area contributed by atoms with Crippen LogP contribution in [0.2, 0.25) is 0 Å². The van der Waals surface area contributed by atoms with E-state index in [1.807, 2.05) is 32.0 Å². The Labute approximate surface area is 191 Å². The van der Waals surface area contributed by atoms with Crippen LogP contribution < -0.4 is 5.43 Å². The first-order valence-electron chi connectivity index (χ1n) is 9.91. The molecule has 0 saturated heterocycles. The van der Waals surface area contributed by atoms with E-state index in [9.17, 15) is 10.1 Å². The summed E-state index contributed by atoms with van der Waals surface area (Å²) in [4.78, 5) is 15.8. The maximum Gasteiger partial charge on any atom is 0.269 e. The van der Waals surface area contributed by atoms with Crippen molar-refractivity contribution in [1.82, 2.24) is 20.0 Å². The van der Waals surface area contributed by atoms with Crippen molar-refractivity contribution in [3.63, 3.8) is 0 Å². The SMILES string of the molecule is C/C(=N\Nc1ncc(-c2ccc3occc3c2)s1)c1nnn(-c2ccc([N+](=O)[O-])cc2)c1C. The predicted molar refractivity (Wildman–Crippen MR) is 126 cm³/mol. The molecule has 3 aromatic heterocycles. The van der Waals surface area contributed by atoms with Gasteiger partial charge in [-0.1, -0.05) is 16.6 Å². The maximum atomic E-state index is 10.9. The molecule has 0 atom stereocenters. The lowest BCUT2D eigenvalue weighted by atomic mass is 10.1. The maximum absolute atomic E-state index is 10.9. The molecular weight excluding hydrogens is 442 g/mol. The summed E-state index contributed by atoms with van der Waals surface area (Å²) in [5.41, 5.74) is 7.60. The molecule has 5 aromatic rings. The average Bonchev–Trinajstić information content (AvgIpc) is 3.56. The lowest BCUT2D eigenvalue weighted by Crippen LogP contribution is -2.04. The molecule has 0 radical (unpaired) electrons. The van der Waals surface area contributed by atoms with E-state index in [0.717, 1.165) is 27.1 Å². The number of nitrogens with one attached hydrogen (secondary N) is 1. The quantitative estimate of drug-likeness (QED) is 0.210. The third-order valence-electron chi connectivity index (χ3n) is 5.10. The van der Waals surface area contributed by atoms with Crippen LogP contribution in [0.3, 0.4) is 0 Å². The Morgan fingerprint density at radius 1 is 1.21 bits per heavy atom. The van der Waals surface area contributed by atoms with Gasteiger partial charge in [0.1, 0.15) is 11.3 Å².